The summed E-state index contributed by atoms with van der Waals surface area (Å²) in [6, 6.07) is 3.71. The number of methoxy groups -OCH3 is 1. The molecule has 0 atom stereocenters. The van der Waals surface area contributed by atoms with Gasteiger partial charge in [0.15, 0.2) is 0 Å². The maximum absolute atomic E-state index is 5.11. The molecule has 7 heteroatoms. The average molecular weight is 313 g/mol. The first-order valence-corrected chi connectivity index (χ1v) is 6.23. The van der Waals surface area contributed by atoms with Crippen LogP contribution in [0.5, 0.6) is 0 Å². The Hall–Kier alpha value is -1.31. The van der Waals surface area contributed by atoms with Crippen LogP contribution in [0.4, 0.5) is 0 Å². The van der Waals surface area contributed by atoms with Gasteiger partial charge in [0.25, 0.3) is 0 Å². The minimum absolute atomic E-state index is 0.492. The van der Waals surface area contributed by atoms with Crippen molar-refractivity contribution in [1.82, 2.24) is 20.4 Å². The minimum Gasteiger partial charge on any atom is -0.383 e. The van der Waals surface area contributed by atoms with Gasteiger partial charge in [-0.2, -0.15) is 4.98 Å². The lowest BCUT2D eigenvalue weighted by atomic mass is 10.3. The van der Waals surface area contributed by atoms with Crippen molar-refractivity contribution in [3.63, 3.8) is 0 Å². The molecule has 0 aromatic carbocycles. The van der Waals surface area contributed by atoms with Crippen molar-refractivity contribution in [2.45, 2.75) is 6.54 Å². The molecule has 0 fully saturated rings. The van der Waals surface area contributed by atoms with Crippen LogP contribution in [0.2, 0.25) is 0 Å². The van der Waals surface area contributed by atoms with Crippen molar-refractivity contribution < 1.29 is 9.26 Å². The Bertz CT molecular complexity index is 486. The van der Waals surface area contributed by atoms with E-state index < -0.39 is 0 Å². The molecule has 0 amide bonds. The van der Waals surface area contributed by atoms with Crippen LogP contribution in [0, 0.1) is 0 Å². The van der Waals surface area contributed by atoms with Crippen molar-refractivity contribution in [2.75, 3.05) is 20.3 Å². The zero-order chi connectivity index (χ0) is 12.8. The van der Waals surface area contributed by atoms with E-state index in [0.717, 1.165) is 11.0 Å². The highest BCUT2D eigenvalue weighted by atomic mass is 79.9. The van der Waals surface area contributed by atoms with Crippen molar-refractivity contribution >= 4 is 15.9 Å². The van der Waals surface area contributed by atoms with E-state index in [2.05, 4.69) is 36.4 Å². The zero-order valence-corrected chi connectivity index (χ0v) is 11.5. The smallest absolute Gasteiger partial charge is 0.240 e. The molecule has 18 heavy (non-hydrogen) atoms. The Morgan fingerprint density at radius 2 is 2.33 bits per heavy atom. The quantitative estimate of drug-likeness (QED) is 0.817. The van der Waals surface area contributed by atoms with Gasteiger partial charge in [-0.1, -0.05) is 5.16 Å². The van der Waals surface area contributed by atoms with E-state index in [4.69, 9.17) is 9.26 Å². The fourth-order valence-corrected chi connectivity index (χ4v) is 1.54. The number of nitrogens with one attached hydrogen (secondary N) is 1. The number of pyridine rings is 1. The molecule has 0 bridgehead atoms. The standard InChI is InChI=1S/C11H13BrN4O2/c1-17-5-4-13-7-10-15-11(16-18-10)9-3-2-8(12)6-14-9/h2-3,6,13H,4-5,7H2,1H3. The number of hydrogen-bond donors (Lipinski definition) is 1. The monoisotopic (exact) mass is 312 g/mol. The minimum atomic E-state index is 0.492. The van der Waals surface area contributed by atoms with Gasteiger partial charge < -0.3 is 14.6 Å². The van der Waals surface area contributed by atoms with Crippen molar-refractivity contribution in [3.05, 3.63) is 28.7 Å². The Labute approximate surface area is 113 Å². The topological polar surface area (TPSA) is 73.1 Å². The highest BCUT2D eigenvalue weighted by molar-refractivity contribution is 9.10. The van der Waals surface area contributed by atoms with Gasteiger partial charge in [0.2, 0.25) is 11.7 Å². The summed E-state index contributed by atoms with van der Waals surface area (Å²) < 4.78 is 10.9. The SMILES string of the molecule is COCCNCc1nc(-c2ccc(Br)cn2)no1. The summed E-state index contributed by atoms with van der Waals surface area (Å²) in [5, 5.41) is 7.01. The molecule has 96 valence electrons. The number of rotatable bonds is 6. The molecule has 2 aromatic heterocycles. The average Bonchev–Trinajstić information content (AvgIpc) is 2.84. The van der Waals surface area contributed by atoms with E-state index >= 15 is 0 Å². The third kappa shape index (κ3) is 3.59. The summed E-state index contributed by atoms with van der Waals surface area (Å²) in [6.45, 7) is 1.91. The van der Waals surface area contributed by atoms with Gasteiger partial charge in [0.05, 0.1) is 13.2 Å². The number of halogens is 1. The molecule has 0 unspecified atom stereocenters. The molecule has 0 aliphatic rings. The molecule has 0 aliphatic carbocycles. The molecule has 6 nitrogen and oxygen atoms in total. The Kier molecular flexibility index (Phi) is 4.80. The lowest BCUT2D eigenvalue weighted by Crippen LogP contribution is -2.18. The Morgan fingerprint density at radius 3 is 3.06 bits per heavy atom. The summed E-state index contributed by atoms with van der Waals surface area (Å²) in [4.78, 5) is 8.45. The molecule has 2 rings (SSSR count). The lowest BCUT2D eigenvalue weighted by Gasteiger charge is -1.98. The lowest BCUT2D eigenvalue weighted by molar-refractivity contribution is 0.197. The first kappa shape index (κ1) is 13.1. The summed E-state index contributed by atoms with van der Waals surface area (Å²) in [5.41, 5.74) is 0.685. The van der Waals surface area contributed by atoms with E-state index in [1.54, 1.807) is 13.3 Å². The van der Waals surface area contributed by atoms with E-state index in [-0.39, 0.29) is 0 Å². The van der Waals surface area contributed by atoms with Crippen LogP contribution >= 0.6 is 15.9 Å². The fraction of sp³-hybridized carbons (Fsp3) is 0.364. The largest absolute Gasteiger partial charge is 0.383 e. The third-order valence-electron chi connectivity index (χ3n) is 2.18. The molecule has 2 aromatic rings. The van der Waals surface area contributed by atoms with Gasteiger partial charge in [0.1, 0.15) is 5.69 Å². The normalized spacial score (nSPS) is 10.8. The van der Waals surface area contributed by atoms with E-state index in [1.807, 2.05) is 12.1 Å². The molecular weight excluding hydrogens is 300 g/mol. The van der Waals surface area contributed by atoms with E-state index in [9.17, 15) is 0 Å². The first-order chi connectivity index (χ1) is 8.79. The molecule has 2 heterocycles. The van der Waals surface area contributed by atoms with Gasteiger partial charge in [-0.05, 0) is 28.1 Å². The van der Waals surface area contributed by atoms with Gasteiger partial charge >= 0.3 is 0 Å². The summed E-state index contributed by atoms with van der Waals surface area (Å²) in [7, 11) is 1.66. The van der Waals surface area contributed by atoms with Crippen LogP contribution in [0.3, 0.4) is 0 Å². The second kappa shape index (κ2) is 6.58. The molecule has 1 N–H and O–H groups in total. The van der Waals surface area contributed by atoms with Crippen LogP contribution in [-0.2, 0) is 11.3 Å². The highest BCUT2D eigenvalue weighted by Gasteiger charge is 2.08. The van der Waals surface area contributed by atoms with Crippen molar-refractivity contribution in [3.8, 4) is 11.5 Å². The summed E-state index contributed by atoms with van der Waals surface area (Å²) >= 11 is 3.32. The number of aromatic nitrogens is 3. The number of hydrogen-bond acceptors (Lipinski definition) is 6. The maximum atomic E-state index is 5.11. The van der Waals surface area contributed by atoms with Crippen LogP contribution in [-0.4, -0.2) is 35.4 Å². The van der Waals surface area contributed by atoms with E-state index in [0.29, 0.717) is 30.6 Å². The second-order valence-corrected chi connectivity index (χ2v) is 4.46. The van der Waals surface area contributed by atoms with Crippen molar-refractivity contribution in [2.24, 2.45) is 0 Å². The van der Waals surface area contributed by atoms with Gasteiger partial charge in [-0.15, -0.1) is 0 Å². The highest BCUT2D eigenvalue weighted by Crippen LogP contribution is 2.15. The predicted octanol–water partition coefficient (Wildman–Crippen LogP) is 1.63. The van der Waals surface area contributed by atoms with Gasteiger partial charge in [-0.3, -0.25) is 4.98 Å². The number of ether oxygens (including phenoxy) is 1. The molecule has 0 aliphatic heterocycles. The van der Waals surface area contributed by atoms with Crippen LogP contribution in [0.15, 0.2) is 27.3 Å². The Morgan fingerprint density at radius 1 is 1.44 bits per heavy atom. The Balaban J connectivity index is 1.95. The molecule has 0 saturated heterocycles. The molecular formula is C11H13BrN4O2. The van der Waals surface area contributed by atoms with Crippen LogP contribution in [0.1, 0.15) is 5.89 Å². The maximum Gasteiger partial charge on any atom is 0.240 e. The molecule has 0 radical (unpaired) electrons. The fourth-order valence-electron chi connectivity index (χ4n) is 1.31. The predicted molar refractivity (Wildman–Crippen MR) is 68.8 cm³/mol. The number of nitrogens with zero attached hydrogens (tertiary/aromatic N) is 3. The summed E-state index contributed by atoms with van der Waals surface area (Å²) in [5.74, 6) is 1.02. The molecule has 0 spiro atoms. The summed E-state index contributed by atoms with van der Waals surface area (Å²) in [6.07, 6.45) is 1.70. The molecule has 0 saturated carbocycles. The zero-order valence-electron chi connectivity index (χ0n) is 9.89. The van der Waals surface area contributed by atoms with Crippen LogP contribution in [0.25, 0.3) is 11.5 Å². The third-order valence-corrected chi connectivity index (χ3v) is 2.65. The second-order valence-electron chi connectivity index (χ2n) is 3.54. The van der Waals surface area contributed by atoms with Crippen LogP contribution < -0.4 is 5.32 Å². The first-order valence-electron chi connectivity index (χ1n) is 5.44. The van der Waals surface area contributed by atoms with Gasteiger partial charge in [-0.25, -0.2) is 0 Å². The van der Waals surface area contributed by atoms with Crippen molar-refractivity contribution in [1.29, 1.82) is 0 Å². The van der Waals surface area contributed by atoms with Gasteiger partial charge in [0, 0.05) is 24.3 Å². The van der Waals surface area contributed by atoms with E-state index in [1.165, 1.54) is 0 Å².